The van der Waals surface area contributed by atoms with Crippen LogP contribution in [0.25, 0.3) is 11.0 Å². The van der Waals surface area contributed by atoms with Crippen LogP contribution in [0.1, 0.15) is 19.3 Å². The van der Waals surface area contributed by atoms with Gasteiger partial charge in [-0.2, -0.15) is 0 Å². The number of benzene rings is 1. The molecule has 2 N–H and O–H groups in total. The molecular weight excluding hydrogens is 198 g/mol. The first-order chi connectivity index (χ1) is 7.84. The maximum absolute atomic E-state index is 6.21. The first-order valence-electron chi connectivity index (χ1n) is 6.00. The summed E-state index contributed by atoms with van der Waals surface area (Å²) in [5.74, 6) is 0.723. The highest BCUT2D eigenvalue weighted by Gasteiger charge is 2.24. The van der Waals surface area contributed by atoms with Crippen molar-refractivity contribution >= 4 is 11.0 Å². The SMILES string of the molecule is NC(Cn1cnc2ccccc21)C1CCC1. The topological polar surface area (TPSA) is 43.8 Å². The van der Waals surface area contributed by atoms with Gasteiger partial charge in [-0.15, -0.1) is 0 Å². The molecule has 3 heteroatoms. The molecule has 1 aromatic heterocycles. The molecule has 84 valence electrons. The number of aromatic nitrogens is 2. The predicted molar refractivity (Wildman–Crippen MR) is 65.0 cm³/mol. The van der Waals surface area contributed by atoms with Crippen molar-refractivity contribution in [2.24, 2.45) is 11.7 Å². The second kappa shape index (κ2) is 3.91. The number of para-hydroxylation sites is 2. The Bertz CT molecular complexity index is 485. The van der Waals surface area contributed by atoms with Gasteiger partial charge in [0.2, 0.25) is 0 Å². The Kier molecular flexibility index (Phi) is 2.40. The first kappa shape index (κ1) is 9.85. The second-order valence-electron chi connectivity index (χ2n) is 4.74. The molecule has 16 heavy (non-hydrogen) atoms. The highest BCUT2D eigenvalue weighted by molar-refractivity contribution is 5.74. The molecule has 0 radical (unpaired) electrons. The average molecular weight is 215 g/mol. The maximum atomic E-state index is 6.21. The maximum Gasteiger partial charge on any atom is 0.0958 e. The lowest BCUT2D eigenvalue weighted by molar-refractivity contribution is 0.245. The van der Waals surface area contributed by atoms with Crippen LogP contribution in [0.4, 0.5) is 0 Å². The van der Waals surface area contributed by atoms with Crippen molar-refractivity contribution in [3.8, 4) is 0 Å². The van der Waals surface area contributed by atoms with Crippen molar-refractivity contribution in [3.05, 3.63) is 30.6 Å². The van der Waals surface area contributed by atoms with Gasteiger partial charge in [-0.1, -0.05) is 18.6 Å². The zero-order chi connectivity index (χ0) is 11.0. The summed E-state index contributed by atoms with van der Waals surface area (Å²) in [6, 6.07) is 8.50. The van der Waals surface area contributed by atoms with E-state index < -0.39 is 0 Å². The molecule has 1 fully saturated rings. The summed E-state index contributed by atoms with van der Waals surface area (Å²) < 4.78 is 2.18. The Morgan fingerprint density at radius 2 is 2.19 bits per heavy atom. The van der Waals surface area contributed by atoms with Gasteiger partial charge >= 0.3 is 0 Å². The van der Waals surface area contributed by atoms with Crippen molar-refractivity contribution in [3.63, 3.8) is 0 Å². The normalized spacial score (nSPS) is 18.6. The molecular formula is C13H17N3. The summed E-state index contributed by atoms with van der Waals surface area (Å²) in [5, 5.41) is 0. The van der Waals surface area contributed by atoms with Crippen LogP contribution in [-0.4, -0.2) is 15.6 Å². The zero-order valence-corrected chi connectivity index (χ0v) is 9.34. The van der Waals surface area contributed by atoms with E-state index in [1.807, 2.05) is 18.5 Å². The van der Waals surface area contributed by atoms with E-state index in [-0.39, 0.29) is 6.04 Å². The van der Waals surface area contributed by atoms with Gasteiger partial charge in [0.1, 0.15) is 0 Å². The van der Waals surface area contributed by atoms with Crippen LogP contribution in [0, 0.1) is 5.92 Å². The molecule has 1 unspecified atom stereocenters. The van der Waals surface area contributed by atoms with E-state index in [1.54, 1.807) is 0 Å². The molecule has 1 aromatic carbocycles. The van der Waals surface area contributed by atoms with Gasteiger partial charge in [0, 0.05) is 12.6 Å². The van der Waals surface area contributed by atoms with Crippen LogP contribution in [0.15, 0.2) is 30.6 Å². The summed E-state index contributed by atoms with van der Waals surface area (Å²) in [7, 11) is 0. The number of imidazole rings is 1. The quantitative estimate of drug-likeness (QED) is 0.852. The van der Waals surface area contributed by atoms with Gasteiger partial charge in [-0.25, -0.2) is 4.98 Å². The van der Waals surface area contributed by atoms with E-state index >= 15 is 0 Å². The predicted octanol–water partition coefficient (Wildman–Crippen LogP) is 2.16. The molecule has 0 aliphatic heterocycles. The molecule has 1 heterocycles. The smallest absolute Gasteiger partial charge is 0.0958 e. The number of rotatable bonds is 3. The lowest BCUT2D eigenvalue weighted by Crippen LogP contribution is -2.37. The van der Waals surface area contributed by atoms with Crippen LogP contribution < -0.4 is 5.73 Å². The number of nitrogens with two attached hydrogens (primary N) is 1. The van der Waals surface area contributed by atoms with Gasteiger partial charge in [-0.05, 0) is 30.9 Å². The molecule has 3 rings (SSSR count). The van der Waals surface area contributed by atoms with Gasteiger partial charge in [0.25, 0.3) is 0 Å². The summed E-state index contributed by atoms with van der Waals surface area (Å²) in [6.45, 7) is 0.894. The Morgan fingerprint density at radius 3 is 2.94 bits per heavy atom. The van der Waals surface area contributed by atoms with Gasteiger partial charge < -0.3 is 10.3 Å². The average Bonchev–Trinajstić information content (AvgIpc) is 2.59. The fraction of sp³-hybridized carbons (Fsp3) is 0.462. The molecule has 1 atom stereocenters. The number of hydrogen-bond acceptors (Lipinski definition) is 2. The second-order valence-corrected chi connectivity index (χ2v) is 4.74. The van der Waals surface area contributed by atoms with E-state index in [0.717, 1.165) is 18.0 Å². The number of fused-ring (bicyclic) bond motifs is 1. The third-order valence-electron chi connectivity index (χ3n) is 3.69. The van der Waals surface area contributed by atoms with E-state index in [1.165, 1.54) is 24.8 Å². The zero-order valence-electron chi connectivity index (χ0n) is 9.34. The largest absolute Gasteiger partial charge is 0.329 e. The third-order valence-corrected chi connectivity index (χ3v) is 3.69. The lowest BCUT2D eigenvalue weighted by Gasteiger charge is -2.31. The minimum absolute atomic E-state index is 0.284. The van der Waals surface area contributed by atoms with Crippen molar-refractivity contribution in [1.82, 2.24) is 9.55 Å². The van der Waals surface area contributed by atoms with Crippen LogP contribution >= 0.6 is 0 Å². The van der Waals surface area contributed by atoms with Gasteiger partial charge in [0.05, 0.1) is 17.4 Å². The monoisotopic (exact) mass is 215 g/mol. The fourth-order valence-corrected chi connectivity index (χ4v) is 2.40. The van der Waals surface area contributed by atoms with E-state index in [4.69, 9.17) is 5.73 Å². The van der Waals surface area contributed by atoms with Crippen LogP contribution in [0.5, 0.6) is 0 Å². The third kappa shape index (κ3) is 1.61. The lowest BCUT2D eigenvalue weighted by atomic mass is 9.80. The molecule has 2 aromatic rings. The van der Waals surface area contributed by atoms with Crippen LogP contribution in [0.3, 0.4) is 0 Å². The first-order valence-corrected chi connectivity index (χ1v) is 6.00. The van der Waals surface area contributed by atoms with E-state index in [2.05, 4.69) is 21.7 Å². The van der Waals surface area contributed by atoms with E-state index in [0.29, 0.717) is 0 Å². The summed E-state index contributed by atoms with van der Waals surface area (Å²) >= 11 is 0. The Hall–Kier alpha value is -1.35. The Labute approximate surface area is 95.3 Å². The molecule has 0 amide bonds. The van der Waals surface area contributed by atoms with Crippen molar-refractivity contribution in [2.45, 2.75) is 31.8 Å². The van der Waals surface area contributed by atoms with Gasteiger partial charge in [-0.3, -0.25) is 0 Å². The minimum atomic E-state index is 0.284. The standard InChI is InChI=1S/C13H17N3/c14-11(10-4-3-5-10)8-16-9-15-12-6-1-2-7-13(12)16/h1-2,6-7,9-11H,3-5,8,14H2. The fourth-order valence-electron chi connectivity index (χ4n) is 2.40. The molecule has 1 saturated carbocycles. The summed E-state index contributed by atoms with van der Waals surface area (Å²) in [6.07, 6.45) is 5.85. The summed E-state index contributed by atoms with van der Waals surface area (Å²) in [5.41, 5.74) is 8.46. The molecule has 0 saturated heterocycles. The van der Waals surface area contributed by atoms with Crippen LogP contribution in [-0.2, 0) is 6.54 Å². The van der Waals surface area contributed by atoms with Crippen LogP contribution in [0.2, 0.25) is 0 Å². The highest BCUT2D eigenvalue weighted by atomic mass is 15.1. The Balaban J connectivity index is 1.83. The highest BCUT2D eigenvalue weighted by Crippen LogP contribution is 2.29. The summed E-state index contributed by atoms with van der Waals surface area (Å²) in [4.78, 5) is 4.38. The van der Waals surface area contributed by atoms with Crippen molar-refractivity contribution in [1.29, 1.82) is 0 Å². The number of nitrogens with zero attached hydrogens (tertiary/aromatic N) is 2. The molecule has 0 bridgehead atoms. The molecule has 1 aliphatic rings. The number of hydrogen-bond donors (Lipinski definition) is 1. The van der Waals surface area contributed by atoms with Crippen molar-refractivity contribution < 1.29 is 0 Å². The van der Waals surface area contributed by atoms with Crippen molar-refractivity contribution in [2.75, 3.05) is 0 Å². The minimum Gasteiger partial charge on any atom is -0.329 e. The Morgan fingerprint density at radius 1 is 1.38 bits per heavy atom. The van der Waals surface area contributed by atoms with E-state index in [9.17, 15) is 0 Å². The van der Waals surface area contributed by atoms with Gasteiger partial charge in [0.15, 0.2) is 0 Å². The molecule has 3 nitrogen and oxygen atoms in total. The molecule has 0 spiro atoms. The molecule has 1 aliphatic carbocycles.